The highest BCUT2D eigenvalue weighted by Gasteiger charge is 2.13. The molecular weight excluding hydrogens is 807 g/mol. The van der Waals surface area contributed by atoms with Gasteiger partial charge in [-0.1, -0.05) is 76.3 Å². The van der Waals surface area contributed by atoms with Crippen LogP contribution in [0.2, 0.25) is 0 Å². The topological polar surface area (TPSA) is 113 Å². The second kappa shape index (κ2) is 51.6. The number of rotatable bonds is 50. The Bertz CT molecular complexity index is 980. The van der Waals surface area contributed by atoms with Gasteiger partial charge in [0.25, 0.3) is 0 Å². The first-order valence-electron chi connectivity index (χ1n) is 26.2. The van der Waals surface area contributed by atoms with Crippen LogP contribution >= 0.6 is 0 Å². The lowest BCUT2D eigenvalue weighted by atomic mass is 10.2. The van der Waals surface area contributed by atoms with E-state index in [4.69, 9.17) is 28.4 Å². The Morgan fingerprint density at radius 1 is 0.406 bits per heavy atom. The van der Waals surface area contributed by atoms with Crippen LogP contribution in [0.5, 0.6) is 0 Å². The van der Waals surface area contributed by atoms with Crippen LogP contribution in [-0.4, -0.2) is 100 Å². The normalized spacial score (nSPS) is 12.2. The maximum atomic E-state index is 12.4. The zero-order valence-corrected chi connectivity index (χ0v) is 41.8. The van der Waals surface area contributed by atoms with Crippen LogP contribution in [0.15, 0.2) is 48.6 Å². The summed E-state index contributed by atoms with van der Waals surface area (Å²) in [6, 6.07) is 0. The minimum absolute atomic E-state index is 0.0957. The van der Waals surface area contributed by atoms with Crippen molar-refractivity contribution in [3.05, 3.63) is 48.6 Å². The van der Waals surface area contributed by atoms with Gasteiger partial charge >= 0.3 is 11.9 Å². The number of aliphatic hydroxyl groups excluding tert-OH is 1. The van der Waals surface area contributed by atoms with Crippen molar-refractivity contribution in [3.8, 4) is 0 Å². The third-order valence-corrected chi connectivity index (χ3v) is 10.7. The molecule has 0 radical (unpaired) electrons. The van der Waals surface area contributed by atoms with Gasteiger partial charge in [-0.2, -0.15) is 0 Å². The Labute approximate surface area is 393 Å². The lowest BCUT2D eigenvalue weighted by Crippen LogP contribution is -2.29. The molecule has 374 valence electrons. The van der Waals surface area contributed by atoms with Crippen molar-refractivity contribution >= 4 is 11.9 Å². The molecule has 10 heteroatoms. The number of hydrogen-bond acceptors (Lipinski definition) is 10. The molecule has 64 heavy (non-hydrogen) atoms. The summed E-state index contributed by atoms with van der Waals surface area (Å²) in [6.07, 6.45) is 43.5. The molecule has 0 amide bonds. The maximum Gasteiger partial charge on any atom is 0.305 e. The number of aliphatic hydroxyl groups is 1. The van der Waals surface area contributed by atoms with Crippen LogP contribution in [-0.2, 0) is 38.0 Å². The Hall–Kier alpha value is -2.34. The fourth-order valence-electron chi connectivity index (χ4n) is 6.91. The lowest BCUT2D eigenvalue weighted by Gasteiger charge is -2.21. The molecule has 1 N–H and O–H groups in total. The van der Waals surface area contributed by atoms with E-state index in [0.29, 0.717) is 59.0 Å². The van der Waals surface area contributed by atoms with Gasteiger partial charge in [0.2, 0.25) is 0 Å². The number of hydrogen-bond donors (Lipinski definition) is 1. The molecule has 0 aliphatic heterocycles. The maximum absolute atomic E-state index is 12.4. The molecule has 0 heterocycles. The quantitative estimate of drug-likeness (QED) is 0.0274. The Morgan fingerprint density at radius 3 is 1.05 bits per heavy atom. The minimum Gasteiger partial charge on any atom is -0.466 e. The van der Waals surface area contributed by atoms with Crippen molar-refractivity contribution in [1.29, 1.82) is 0 Å². The number of nitrogens with zero attached hydrogens (tertiary/aromatic N) is 1. The number of allylic oxidation sites excluding steroid dienone is 8. The lowest BCUT2D eigenvalue weighted by molar-refractivity contribution is -0.149. The van der Waals surface area contributed by atoms with Gasteiger partial charge in [-0.3, -0.25) is 9.59 Å². The summed E-state index contributed by atoms with van der Waals surface area (Å²) in [7, 11) is 0. The number of ether oxygens (including phenoxy) is 6. The molecule has 0 aromatic heterocycles. The molecule has 0 unspecified atom stereocenters. The standard InChI is InChI=1S/C54H99NO9/c1-5-9-13-17-21-31-47-61-53(62-48-32-22-18-14-10-6-2)39-27-25-37-51(57)59-45-35-29-41-55(43-44-56)42-30-36-46-60-52(58)38-26-28-40-54(63-49-33-23-19-15-11-7-3)64-50-34-24-20-16-12-8-4/h9-16,53-54,56H,5-8,17-50H2,1-4H3/b13-9-,14-10-,15-11-,16-12-. The SMILES string of the molecule is CC/C=C\CCCCOC(CCCCC(=O)OCCCCN(CCO)CCCCOC(=O)CCCCC(OCCCC/C=C\CC)OCCCC/C=C\CC)OCCCC/C=C\CC. The van der Waals surface area contributed by atoms with Crippen LogP contribution in [0.3, 0.4) is 0 Å². The molecule has 0 bridgehead atoms. The summed E-state index contributed by atoms with van der Waals surface area (Å²) < 4.78 is 35.5. The van der Waals surface area contributed by atoms with E-state index in [1.165, 1.54) is 0 Å². The number of carbonyl (C=O) groups is 2. The summed E-state index contributed by atoms with van der Waals surface area (Å²) in [6.45, 7) is 14.6. The van der Waals surface area contributed by atoms with Gasteiger partial charge < -0.3 is 38.4 Å². The Balaban J connectivity index is 4.26. The first-order valence-corrected chi connectivity index (χ1v) is 26.2. The number of esters is 2. The van der Waals surface area contributed by atoms with E-state index < -0.39 is 0 Å². The second-order valence-electron chi connectivity index (χ2n) is 16.8. The summed E-state index contributed by atoms with van der Waals surface area (Å²) >= 11 is 0. The van der Waals surface area contributed by atoms with Crippen LogP contribution in [0, 0.1) is 0 Å². The number of unbranched alkanes of at least 4 members (excludes halogenated alkanes) is 12. The summed E-state index contributed by atoms with van der Waals surface area (Å²) in [5.41, 5.74) is 0. The van der Waals surface area contributed by atoms with E-state index in [1.54, 1.807) is 0 Å². The Kier molecular flexibility index (Phi) is 49.8. The number of carbonyl (C=O) groups excluding carboxylic acids is 2. The molecular formula is C54H99NO9. The highest BCUT2D eigenvalue weighted by molar-refractivity contribution is 5.69. The van der Waals surface area contributed by atoms with Crippen molar-refractivity contribution in [1.82, 2.24) is 4.90 Å². The van der Waals surface area contributed by atoms with Gasteiger partial charge in [0, 0.05) is 45.8 Å². The van der Waals surface area contributed by atoms with E-state index in [1.807, 2.05) is 0 Å². The third kappa shape index (κ3) is 46.2. The highest BCUT2D eigenvalue weighted by atomic mass is 16.7. The first-order chi connectivity index (χ1) is 31.5. The predicted molar refractivity (Wildman–Crippen MR) is 265 cm³/mol. The minimum atomic E-state index is -0.220. The van der Waals surface area contributed by atoms with E-state index >= 15 is 0 Å². The molecule has 0 aromatic carbocycles. The van der Waals surface area contributed by atoms with Crippen LogP contribution in [0.1, 0.15) is 207 Å². The van der Waals surface area contributed by atoms with Gasteiger partial charge in [0.1, 0.15) is 0 Å². The monoisotopic (exact) mass is 906 g/mol. The van der Waals surface area contributed by atoms with Crippen molar-refractivity contribution in [3.63, 3.8) is 0 Å². The fourth-order valence-corrected chi connectivity index (χ4v) is 6.91. The smallest absolute Gasteiger partial charge is 0.305 e. The van der Waals surface area contributed by atoms with Crippen molar-refractivity contribution in [2.24, 2.45) is 0 Å². The van der Waals surface area contributed by atoms with Crippen molar-refractivity contribution in [2.75, 3.05) is 65.9 Å². The summed E-state index contributed by atoms with van der Waals surface area (Å²) in [5.74, 6) is -0.303. The molecule has 10 nitrogen and oxygen atoms in total. The van der Waals surface area contributed by atoms with Crippen LogP contribution in [0.4, 0.5) is 0 Å². The molecule has 0 aliphatic carbocycles. The zero-order chi connectivity index (χ0) is 46.7. The van der Waals surface area contributed by atoms with Crippen LogP contribution in [0.25, 0.3) is 0 Å². The summed E-state index contributed by atoms with van der Waals surface area (Å²) in [5, 5.41) is 9.60. The average molecular weight is 906 g/mol. The average Bonchev–Trinajstić information content (AvgIpc) is 3.29. The first kappa shape index (κ1) is 61.7. The molecule has 0 rings (SSSR count). The van der Waals surface area contributed by atoms with Gasteiger partial charge in [-0.05, 0) is 180 Å². The summed E-state index contributed by atoms with van der Waals surface area (Å²) in [4.78, 5) is 27.1. The molecule has 0 atom stereocenters. The van der Waals surface area contributed by atoms with Crippen LogP contribution < -0.4 is 0 Å². The zero-order valence-electron chi connectivity index (χ0n) is 41.8. The Morgan fingerprint density at radius 2 is 0.734 bits per heavy atom. The van der Waals surface area contributed by atoms with Gasteiger partial charge in [-0.25, -0.2) is 0 Å². The molecule has 0 aliphatic rings. The molecule has 0 spiro atoms. The van der Waals surface area contributed by atoms with E-state index in [0.717, 1.165) is 180 Å². The van der Waals surface area contributed by atoms with Gasteiger partial charge in [0.05, 0.1) is 19.8 Å². The highest BCUT2D eigenvalue weighted by Crippen LogP contribution is 2.14. The molecule has 0 fully saturated rings. The van der Waals surface area contributed by atoms with Gasteiger partial charge in [-0.15, -0.1) is 0 Å². The van der Waals surface area contributed by atoms with Gasteiger partial charge in [0.15, 0.2) is 12.6 Å². The van der Waals surface area contributed by atoms with E-state index in [9.17, 15) is 14.7 Å². The second-order valence-corrected chi connectivity index (χ2v) is 16.8. The van der Waals surface area contributed by atoms with E-state index in [2.05, 4.69) is 81.2 Å². The van der Waals surface area contributed by atoms with Crippen molar-refractivity contribution in [2.45, 2.75) is 220 Å². The molecule has 0 aromatic rings. The van der Waals surface area contributed by atoms with Crippen molar-refractivity contribution < 1.29 is 43.1 Å². The predicted octanol–water partition coefficient (Wildman–Crippen LogP) is 13.3. The largest absolute Gasteiger partial charge is 0.466 e. The molecule has 0 saturated heterocycles. The fraction of sp³-hybridized carbons (Fsp3) is 0.815. The van der Waals surface area contributed by atoms with E-state index in [-0.39, 0.29) is 31.1 Å². The third-order valence-electron chi connectivity index (χ3n) is 10.7. The molecule has 0 saturated carbocycles.